The molecular formula is C22H16ClNO4S. The van der Waals surface area contributed by atoms with Gasteiger partial charge in [-0.2, -0.15) is 0 Å². The highest BCUT2D eigenvalue weighted by Gasteiger charge is 2.39. The number of hydrogen-bond acceptors (Lipinski definition) is 4. The summed E-state index contributed by atoms with van der Waals surface area (Å²) in [5.74, 6) is -0.969. The molecule has 0 aromatic heterocycles. The van der Waals surface area contributed by atoms with Gasteiger partial charge in [-0.25, -0.2) is 8.42 Å². The average molecular weight is 426 g/mol. The number of fused-ring (bicyclic) bond motifs is 1. The third-order valence-corrected chi connectivity index (χ3v) is 6.99. The Labute approximate surface area is 173 Å². The quantitative estimate of drug-likeness (QED) is 0.475. The van der Waals surface area contributed by atoms with Crippen LogP contribution in [-0.4, -0.2) is 30.7 Å². The molecule has 1 aliphatic rings. The number of aliphatic hydroxyl groups excluding tert-OH is 1. The van der Waals surface area contributed by atoms with Crippen LogP contribution in [0, 0.1) is 0 Å². The SMILES string of the molecule is CN1C(=C(O)c2cccc(-c3ccccc3Cl)c2)C(=O)c2ccccc2S1(=O)=O. The monoisotopic (exact) mass is 425 g/mol. The Bertz CT molecular complexity index is 1280. The van der Waals surface area contributed by atoms with Crippen molar-refractivity contribution in [2.75, 3.05) is 7.05 Å². The number of Topliss-reactive ketones (excluding diaryl/α,β-unsaturated/α-hetero) is 1. The summed E-state index contributed by atoms with van der Waals surface area (Å²) in [5, 5.41) is 11.4. The molecule has 0 amide bonds. The van der Waals surface area contributed by atoms with Crippen LogP contribution in [0.5, 0.6) is 0 Å². The summed E-state index contributed by atoms with van der Waals surface area (Å²) in [6.07, 6.45) is 0. The van der Waals surface area contributed by atoms with E-state index in [9.17, 15) is 18.3 Å². The van der Waals surface area contributed by atoms with Crippen molar-refractivity contribution in [3.8, 4) is 11.1 Å². The van der Waals surface area contributed by atoms with Gasteiger partial charge >= 0.3 is 0 Å². The second-order valence-corrected chi connectivity index (χ2v) is 8.90. The van der Waals surface area contributed by atoms with Gasteiger partial charge in [-0.3, -0.25) is 9.10 Å². The molecule has 0 saturated carbocycles. The fourth-order valence-electron chi connectivity index (χ4n) is 3.34. The van der Waals surface area contributed by atoms with Crippen LogP contribution >= 0.6 is 11.6 Å². The van der Waals surface area contributed by atoms with Gasteiger partial charge in [0, 0.05) is 28.8 Å². The number of ketones is 1. The molecule has 0 spiro atoms. The van der Waals surface area contributed by atoms with E-state index in [1.807, 2.05) is 24.3 Å². The maximum absolute atomic E-state index is 13.0. The van der Waals surface area contributed by atoms with Crippen molar-refractivity contribution in [1.29, 1.82) is 0 Å². The molecular weight excluding hydrogens is 410 g/mol. The molecule has 3 aromatic rings. The highest BCUT2D eigenvalue weighted by molar-refractivity contribution is 7.89. The molecule has 1 heterocycles. The minimum atomic E-state index is -3.95. The van der Waals surface area contributed by atoms with Crippen LogP contribution in [0.2, 0.25) is 5.02 Å². The molecule has 4 rings (SSSR count). The zero-order chi connectivity index (χ0) is 20.8. The van der Waals surface area contributed by atoms with Crippen LogP contribution in [-0.2, 0) is 10.0 Å². The van der Waals surface area contributed by atoms with Crippen molar-refractivity contribution in [2.24, 2.45) is 0 Å². The summed E-state index contributed by atoms with van der Waals surface area (Å²) < 4.78 is 26.5. The number of allylic oxidation sites excluding steroid dienone is 1. The molecule has 0 radical (unpaired) electrons. The van der Waals surface area contributed by atoms with Crippen molar-refractivity contribution >= 4 is 33.2 Å². The molecule has 0 atom stereocenters. The number of likely N-dealkylation sites (N-methyl/N-ethyl adjacent to an activating group) is 1. The number of carbonyl (C=O) groups excluding carboxylic acids is 1. The number of sulfonamides is 1. The van der Waals surface area contributed by atoms with Crippen molar-refractivity contribution in [3.05, 3.63) is 94.6 Å². The molecule has 146 valence electrons. The van der Waals surface area contributed by atoms with Gasteiger partial charge in [0.2, 0.25) is 5.78 Å². The minimum absolute atomic E-state index is 0.0365. The molecule has 3 aromatic carbocycles. The van der Waals surface area contributed by atoms with Crippen molar-refractivity contribution in [2.45, 2.75) is 4.90 Å². The fraction of sp³-hybridized carbons (Fsp3) is 0.0455. The summed E-state index contributed by atoms with van der Waals surface area (Å²) in [4.78, 5) is 12.9. The second-order valence-electron chi connectivity index (χ2n) is 6.56. The summed E-state index contributed by atoms with van der Waals surface area (Å²) in [6, 6.07) is 20.0. The summed E-state index contributed by atoms with van der Waals surface area (Å²) in [6.45, 7) is 0. The van der Waals surface area contributed by atoms with E-state index in [0.29, 0.717) is 10.6 Å². The predicted molar refractivity (Wildman–Crippen MR) is 112 cm³/mol. The second kappa shape index (κ2) is 7.06. The molecule has 0 bridgehead atoms. The lowest BCUT2D eigenvalue weighted by atomic mass is 10.00. The maximum atomic E-state index is 13.0. The average Bonchev–Trinajstić information content (AvgIpc) is 2.73. The van der Waals surface area contributed by atoms with Gasteiger partial charge in [0.25, 0.3) is 10.0 Å². The van der Waals surface area contributed by atoms with Gasteiger partial charge in [0.05, 0.1) is 4.90 Å². The third kappa shape index (κ3) is 3.10. The third-order valence-electron chi connectivity index (χ3n) is 4.85. The Kier molecular flexibility index (Phi) is 4.68. The highest BCUT2D eigenvalue weighted by Crippen LogP contribution is 2.35. The van der Waals surface area contributed by atoms with Gasteiger partial charge in [-0.15, -0.1) is 0 Å². The smallest absolute Gasteiger partial charge is 0.265 e. The van der Waals surface area contributed by atoms with Crippen LogP contribution in [0.15, 0.2) is 83.4 Å². The van der Waals surface area contributed by atoms with Crippen LogP contribution < -0.4 is 0 Å². The van der Waals surface area contributed by atoms with E-state index in [1.165, 1.54) is 19.2 Å². The number of aliphatic hydroxyl groups is 1. The lowest BCUT2D eigenvalue weighted by Crippen LogP contribution is -2.37. The number of nitrogens with zero attached hydrogens (tertiary/aromatic N) is 1. The van der Waals surface area contributed by atoms with Crippen molar-refractivity contribution < 1.29 is 18.3 Å². The first-order valence-corrected chi connectivity index (χ1v) is 10.6. The van der Waals surface area contributed by atoms with E-state index in [1.54, 1.807) is 36.4 Å². The number of rotatable bonds is 2. The van der Waals surface area contributed by atoms with E-state index in [0.717, 1.165) is 15.4 Å². The summed E-state index contributed by atoms with van der Waals surface area (Å²) in [7, 11) is -2.69. The van der Waals surface area contributed by atoms with Gasteiger partial charge in [-0.1, -0.05) is 60.1 Å². The number of halogens is 1. The molecule has 0 aliphatic carbocycles. The molecule has 5 nitrogen and oxygen atoms in total. The molecule has 0 unspecified atom stereocenters. The zero-order valence-electron chi connectivity index (χ0n) is 15.3. The molecule has 0 saturated heterocycles. The largest absolute Gasteiger partial charge is 0.505 e. The lowest BCUT2D eigenvalue weighted by molar-refractivity contribution is 0.100. The normalized spacial score (nSPS) is 17.0. The molecule has 0 fully saturated rings. The maximum Gasteiger partial charge on any atom is 0.265 e. The van der Waals surface area contributed by atoms with E-state index < -0.39 is 21.6 Å². The first kappa shape index (κ1) is 19.2. The van der Waals surface area contributed by atoms with Crippen molar-refractivity contribution in [1.82, 2.24) is 4.31 Å². The summed E-state index contributed by atoms with van der Waals surface area (Å²) >= 11 is 6.26. The Morgan fingerprint density at radius 2 is 1.59 bits per heavy atom. The van der Waals surface area contributed by atoms with E-state index in [2.05, 4.69) is 0 Å². The summed E-state index contributed by atoms with van der Waals surface area (Å²) in [5.41, 5.74) is 1.55. The van der Waals surface area contributed by atoms with E-state index >= 15 is 0 Å². The first-order chi connectivity index (χ1) is 13.8. The van der Waals surface area contributed by atoms with Gasteiger partial charge < -0.3 is 5.11 Å². The number of hydrogen-bond donors (Lipinski definition) is 1. The van der Waals surface area contributed by atoms with E-state index in [4.69, 9.17) is 11.6 Å². The van der Waals surface area contributed by atoms with Crippen LogP contribution in [0.4, 0.5) is 0 Å². The van der Waals surface area contributed by atoms with Crippen LogP contribution in [0.25, 0.3) is 16.9 Å². The Balaban J connectivity index is 1.90. The molecule has 29 heavy (non-hydrogen) atoms. The van der Waals surface area contributed by atoms with Gasteiger partial charge in [-0.05, 0) is 29.8 Å². The van der Waals surface area contributed by atoms with Gasteiger partial charge in [0.1, 0.15) is 5.70 Å². The highest BCUT2D eigenvalue weighted by atomic mass is 35.5. The topological polar surface area (TPSA) is 74.7 Å². The zero-order valence-corrected chi connectivity index (χ0v) is 16.9. The van der Waals surface area contributed by atoms with E-state index in [-0.39, 0.29) is 16.2 Å². The number of benzene rings is 3. The molecule has 7 heteroatoms. The number of carbonyl (C=O) groups is 1. The molecule has 1 aliphatic heterocycles. The van der Waals surface area contributed by atoms with Crippen LogP contribution in [0.1, 0.15) is 15.9 Å². The minimum Gasteiger partial charge on any atom is -0.505 e. The predicted octanol–water partition coefficient (Wildman–Crippen LogP) is 4.75. The standard InChI is InChI=1S/C22H16ClNO4S/c1-24-20(22(26)17-10-3-5-12-19(17)29(24,27)28)21(25)15-8-6-7-14(13-15)16-9-2-4-11-18(16)23/h2-13,25H,1H3. The van der Waals surface area contributed by atoms with Crippen LogP contribution in [0.3, 0.4) is 0 Å². The Morgan fingerprint density at radius 3 is 2.31 bits per heavy atom. The molecule has 1 N–H and O–H groups in total. The Hall–Kier alpha value is -3.09. The lowest BCUT2D eigenvalue weighted by Gasteiger charge is -2.28. The fourth-order valence-corrected chi connectivity index (χ4v) is 4.98. The van der Waals surface area contributed by atoms with Crippen molar-refractivity contribution in [3.63, 3.8) is 0 Å². The first-order valence-electron chi connectivity index (χ1n) is 8.73. The van der Waals surface area contributed by atoms with Gasteiger partial charge in [0.15, 0.2) is 5.76 Å². The Morgan fingerprint density at radius 1 is 0.931 bits per heavy atom.